The van der Waals surface area contributed by atoms with Gasteiger partial charge in [0.2, 0.25) is 0 Å². The van der Waals surface area contributed by atoms with Crippen molar-refractivity contribution in [3.05, 3.63) is 60.0 Å². The third-order valence-corrected chi connectivity index (χ3v) is 4.99. The van der Waals surface area contributed by atoms with Gasteiger partial charge in [-0.05, 0) is 48.9 Å². The predicted molar refractivity (Wildman–Crippen MR) is 90.2 cm³/mol. The lowest BCUT2D eigenvalue weighted by Crippen LogP contribution is -2.14. The van der Waals surface area contributed by atoms with E-state index in [1.807, 2.05) is 6.92 Å². The molecule has 24 heavy (non-hydrogen) atoms. The van der Waals surface area contributed by atoms with E-state index in [2.05, 4.69) is 9.71 Å². The molecule has 2 aromatic carbocycles. The first kappa shape index (κ1) is 16.2. The second kappa shape index (κ2) is 6.09. The van der Waals surface area contributed by atoms with Crippen LogP contribution in [0.5, 0.6) is 5.75 Å². The van der Waals surface area contributed by atoms with Gasteiger partial charge in [0.25, 0.3) is 10.0 Å². The average Bonchev–Trinajstić information content (AvgIpc) is 2.56. The van der Waals surface area contributed by atoms with E-state index in [0.29, 0.717) is 11.4 Å². The lowest BCUT2D eigenvalue weighted by atomic mass is 10.2. The van der Waals surface area contributed by atoms with Crippen molar-refractivity contribution in [3.8, 4) is 5.75 Å². The number of halogens is 1. The minimum Gasteiger partial charge on any atom is -0.495 e. The van der Waals surface area contributed by atoms with Crippen LogP contribution in [0.15, 0.2) is 53.6 Å². The summed E-state index contributed by atoms with van der Waals surface area (Å²) in [5.41, 5.74) is 1.26. The van der Waals surface area contributed by atoms with Crippen LogP contribution < -0.4 is 9.46 Å². The van der Waals surface area contributed by atoms with E-state index in [-0.39, 0.29) is 15.8 Å². The van der Waals surface area contributed by atoms with E-state index in [1.165, 1.54) is 25.4 Å². The van der Waals surface area contributed by atoms with Crippen LogP contribution in [0.1, 0.15) is 5.56 Å². The molecule has 0 fully saturated rings. The topological polar surface area (TPSA) is 68.3 Å². The van der Waals surface area contributed by atoms with E-state index in [4.69, 9.17) is 4.74 Å². The Bertz CT molecular complexity index is 1020. The quantitative estimate of drug-likeness (QED) is 0.785. The molecule has 0 aliphatic carbocycles. The normalized spacial score (nSPS) is 11.5. The minimum absolute atomic E-state index is 0.0104. The van der Waals surface area contributed by atoms with Gasteiger partial charge in [-0.2, -0.15) is 0 Å². The van der Waals surface area contributed by atoms with Crippen molar-refractivity contribution >= 4 is 26.6 Å². The fraction of sp³-hybridized carbons (Fsp3) is 0.118. The maximum Gasteiger partial charge on any atom is 0.262 e. The minimum atomic E-state index is -3.94. The highest BCUT2D eigenvalue weighted by Crippen LogP contribution is 2.30. The molecule has 0 unspecified atom stereocenters. The van der Waals surface area contributed by atoms with E-state index in [9.17, 15) is 12.8 Å². The molecule has 0 radical (unpaired) electrons. The summed E-state index contributed by atoms with van der Waals surface area (Å²) in [5.74, 6) is -0.166. The number of rotatable bonds is 4. The maximum absolute atomic E-state index is 13.8. The monoisotopic (exact) mass is 346 g/mol. The molecule has 7 heteroatoms. The highest BCUT2D eigenvalue weighted by molar-refractivity contribution is 7.93. The molecular formula is C17H15FN2O3S. The Balaban J connectivity index is 2.11. The zero-order valence-electron chi connectivity index (χ0n) is 13.1. The van der Waals surface area contributed by atoms with Gasteiger partial charge in [0.05, 0.1) is 17.7 Å². The first-order valence-electron chi connectivity index (χ1n) is 7.13. The number of sulfonamides is 1. The summed E-state index contributed by atoms with van der Waals surface area (Å²) >= 11 is 0. The van der Waals surface area contributed by atoms with Gasteiger partial charge in [0, 0.05) is 11.6 Å². The van der Waals surface area contributed by atoms with E-state index >= 15 is 0 Å². The summed E-state index contributed by atoms with van der Waals surface area (Å²) < 4.78 is 47.1. The molecule has 0 amide bonds. The summed E-state index contributed by atoms with van der Waals surface area (Å²) in [4.78, 5) is 3.87. The molecule has 3 rings (SSSR count). The summed E-state index contributed by atoms with van der Waals surface area (Å²) in [5, 5.41) is 0.219. The number of anilines is 1. The van der Waals surface area contributed by atoms with Gasteiger partial charge in [0.15, 0.2) is 0 Å². The van der Waals surface area contributed by atoms with Crippen molar-refractivity contribution in [2.45, 2.75) is 11.8 Å². The van der Waals surface area contributed by atoms with Crippen LogP contribution in [0.4, 0.5) is 10.1 Å². The van der Waals surface area contributed by atoms with Crippen molar-refractivity contribution in [1.29, 1.82) is 0 Å². The van der Waals surface area contributed by atoms with Gasteiger partial charge in [0.1, 0.15) is 17.1 Å². The number of aromatic nitrogens is 1. The summed E-state index contributed by atoms with van der Waals surface area (Å²) in [6.07, 6.45) is 1.41. The number of aryl methyl sites for hydroxylation is 1. The van der Waals surface area contributed by atoms with Crippen molar-refractivity contribution in [1.82, 2.24) is 4.98 Å². The van der Waals surface area contributed by atoms with Crippen LogP contribution in [0.3, 0.4) is 0 Å². The van der Waals surface area contributed by atoms with Crippen LogP contribution in [0.2, 0.25) is 0 Å². The molecular weight excluding hydrogens is 331 g/mol. The van der Waals surface area contributed by atoms with Gasteiger partial charge >= 0.3 is 0 Å². The van der Waals surface area contributed by atoms with Crippen molar-refractivity contribution in [2.24, 2.45) is 0 Å². The Labute approximate surface area is 139 Å². The summed E-state index contributed by atoms with van der Waals surface area (Å²) in [6, 6.07) is 10.5. The second-order valence-electron chi connectivity index (χ2n) is 5.25. The fourth-order valence-corrected chi connectivity index (χ4v) is 3.70. The second-order valence-corrected chi connectivity index (χ2v) is 6.91. The molecule has 1 heterocycles. The third-order valence-electron chi connectivity index (χ3n) is 3.57. The molecule has 5 nitrogen and oxygen atoms in total. The van der Waals surface area contributed by atoms with E-state index in [0.717, 1.165) is 11.6 Å². The standard InChI is InChI=1S/C17H15FN2O3S/c1-11-5-7-14(15(10-11)23-2)20-24(21,22)16-8-6-13(18)17-12(16)4-3-9-19-17/h3-10,20H,1-2H3. The van der Waals surface area contributed by atoms with Crippen LogP contribution in [0, 0.1) is 12.7 Å². The number of benzene rings is 2. The molecule has 124 valence electrons. The fourth-order valence-electron chi connectivity index (χ4n) is 2.43. The van der Waals surface area contributed by atoms with Gasteiger partial charge in [-0.25, -0.2) is 12.8 Å². The highest BCUT2D eigenvalue weighted by atomic mass is 32.2. The van der Waals surface area contributed by atoms with Crippen LogP contribution in [-0.4, -0.2) is 20.5 Å². The third kappa shape index (κ3) is 2.90. The van der Waals surface area contributed by atoms with Gasteiger partial charge in [-0.1, -0.05) is 6.07 Å². The molecule has 0 atom stereocenters. The van der Waals surface area contributed by atoms with Crippen LogP contribution in [0.25, 0.3) is 10.9 Å². The Kier molecular flexibility index (Phi) is 4.11. The average molecular weight is 346 g/mol. The molecule has 0 bridgehead atoms. The lowest BCUT2D eigenvalue weighted by molar-refractivity contribution is 0.416. The number of nitrogens with one attached hydrogen (secondary N) is 1. The van der Waals surface area contributed by atoms with Gasteiger partial charge < -0.3 is 4.74 Å². The number of ether oxygens (including phenoxy) is 1. The van der Waals surface area contributed by atoms with E-state index in [1.54, 1.807) is 24.3 Å². The SMILES string of the molecule is COc1cc(C)ccc1NS(=O)(=O)c1ccc(F)c2ncccc12. The first-order chi connectivity index (χ1) is 11.4. The number of fused-ring (bicyclic) bond motifs is 1. The summed E-state index contributed by atoms with van der Waals surface area (Å²) in [7, 11) is -2.48. The number of nitrogens with zero attached hydrogens (tertiary/aromatic N) is 1. The molecule has 0 aliphatic heterocycles. The predicted octanol–water partition coefficient (Wildman–Crippen LogP) is 3.49. The van der Waals surface area contributed by atoms with Crippen LogP contribution >= 0.6 is 0 Å². The smallest absolute Gasteiger partial charge is 0.262 e. The zero-order chi connectivity index (χ0) is 17.3. The molecule has 0 aliphatic rings. The highest BCUT2D eigenvalue weighted by Gasteiger charge is 2.21. The van der Waals surface area contributed by atoms with Crippen molar-refractivity contribution in [2.75, 3.05) is 11.8 Å². The Morgan fingerprint density at radius 3 is 2.71 bits per heavy atom. The summed E-state index contributed by atoms with van der Waals surface area (Å²) in [6.45, 7) is 1.87. The first-order valence-corrected chi connectivity index (χ1v) is 8.61. The molecule has 1 N–H and O–H groups in total. The van der Waals surface area contributed by atoms with Crippen molar-refractivity contribution in [3.63, 3.8) is 0 Å². The number of pyridine rings is 1. The number of methoxy groups -OCH3 is 1. The molecule has 1 aromatic heterocycles. The number of hydrogen-bond donors (Lipinski definition) is 1. The lowest BCUT2D eigenvalue weighted by Gasteiger charge is -2.13. The maximum atomic E-state index is 13.8. The Morgan fingerprint density at radius 2 is 1.96 bits per heavy atom. The van der Waals surface area contributed by atoms with E-state index < -0.39 is 15.8 Å². The Hall–Kier alpha value is -2.67. The molecule has 0 saturated heterocycles. The number of hydrogen-bond acceptors (Lipinski definition) is 4. The zero-order valence-corrected chi connectivity index (χ0v) is 13.9. The van der Waals surface area contributed by atoms with Crippen molar-refractivity contribution < 1.29 is 17.5 Å². The largest absolute Gasteiger partial charge is 0.495 e. The molecule has 0 spiro atoms. The molecule has 3 aromatic rings. The molecule has 0 saturated carbocycles. The van der Waals surface area contributed by atoms with Gasteiger partial charge in [-0.3, -0.25) is 9.71 Å². The Morgan fingerprint density at radius 1 is 1.17 bits per heavy atom. The van der Waals surface area contributed by atoms with Gasteiger partial charge in [-0.15, -0.1) is 0 Å². The van der Waals surface area contributed by atoms with Crippen LogP contribution in [-0.2, 0) is 10.0 Å².